The van der Waals surface area contributed by atoms with Crippen molar-refractivity contribution in [1.29, 1.82) is 0 Å². The molecule has 3 aromatic rings. The van der Waals surface area contributed by atoms with Crippen molar-refractivity contribution in [2.75, 3.05) is 0 Å². The van der Waals surface area contributed by atoms with Crippen LogP contribution in [0.15, 0.2) is 53.9 Å². The molecule has 2 nitrogen and oxygen atoms in total. The molecule has 3 rings (SSSR count). The first kappa shape index (κ1) is 25.3. The van der Waals surface area contributed by atoms with E-state index in [1.54, 1.807) is 18.2 Å². The van der Waals surface area contributed by atoms with E-state index >= 15 is 0 Å². The molecule has 0 fully saturated rings. The normalized spacial score (nSPS) is 12.9. The van der Waals surface area contributed by atoms with Gasteiger partial charge in [-0.25, -0.2) is 0 Å². The molecular weight excluding hydrogens is 466 g/mol. The van der Waals surface area contributed by atoms with Crippen LogP contribution < -0.4 is 0 Å². The van der Waals surface area contributed by atoms with Crippen LogP contribution in [0.4, 0.5) is 26.3 Å². The number of alkyl halides is 6. The summed E-state index contributed by atoms with van der Waals surface area (Å²) in [5.74, 6) is 0. The maximum absolute atomic E-state index is 13.7. The summed E-state index contributed by atoms with van der Waals surface area (Å²) in [7, 11) is 0. The predicted molar refractivity (Wildman–Crippen MR) is 115 cm³/mol. The Morgan fingerprint density at radius 1 is 0.848 bits per heavy atom. The molecule has 0 saturated heterocycles. The van der Waals surface area contributed by atoms with E-state index in [0.717, 1.165) is 16.0 Å². The molecule has 0 saturated carbocycles. The van der Waals surface area contributed by atoms with Crippen LogP contribution >= 0.6 is 11.3 Å². The molecule has 0 unspecified atom stereocenters. The Labute approximate surface area is 191 Å². The summed E-state index contributed by atoms with van der Waals surface area (Å²) in [6, 6.07) is 12.6. The van der Waals surface area contributed by atoms with E-state index in [1.807, 2.05) is 12.1 Å². The van der Waals surface area contributed by atoms with Crippen LogP contribution in [0.1, 0.15) is 34.1 Å². The van der Waals surface area contributed by atoms with Gasteiger partial charge >= 0.3 is 12.4 Å². The fourth-order valence-electron chi connectivity index (χ4n) is 3.74. The zero-order valence-electron chi connectivity index (χ0n) is 17.6. The lowest BCUT2D eigenvalue weighted by Gasteiger charge is -2.35. The average Bonchev–Trinajstić information content (AvgIpc) is 3.24. The zero-order chi connectivity index (χ0) is 24.4. The predicted octanol–water partition coefficient (Wildman–Crippen LogP) is 6.57. The molecule has 0 bridgehead atoms. The number of thiophene rings is 1. The van der Waals surface area contributed by atoms with Gasteiger partial charge in [0.1, 0.15) is 0 Å². The summed E-state index contributed by atoms with van der Waals surface area (Å²) in [4.78, 5) is 0.784. The van der Waals surface area contributed by atoms with E-state index in [2.05, 4.69) is 0 Å². The van der Waals surface area contributed by atoms with Crippen LogP contribution in [-0.4, -0.2) is 22.6 Å². The Morgan fingerprint density at radius 3 is 2.00 bits per heavy atom. The van der Waals surface area contributed by atoms with Gasteiger partial charge in [0.25, 0.3) is 5.60 Å². The van der Waals surface area contributed by atoms with Gasteiger partial charge < -0.3 is 10.2 Å². The molecule has 9 heteroatoms. The first-order valence-electron chi connectivity index (χ1n) is 10.2. The van der Waals surface area contributed by atoms with Gasteiger partial charge in [0.05, 0.1) is 6.61 Å². The number of aliphatic hydroxyl groups excluding tert-OH is 1. The number of halogens is 6. The number of hydrogen-bond acceptors (Lipinski definition) is 3. The van der Waals surface area contributed by atoms with Gasteiger partial charge in [0.2, 0.25) is 0 Å². The van der Waals surface area contributed by atoms with Crippen LogP contribution in [0.3, 0.4) is 0 Å². The van der Waals surface area contributed by atoms with E-state index in [4.69, 9.17) is 5.11 Å². The third-order valence-corrected chi connectivity index (χ3v) is 6.54. The van der Waals surface area contributed by atoms with Crippen molar-refractivity contribution in [3.05, 3.63) is 81.0 Å². The van der Waals surface area contributed by atoms with Gasteiger partial charge in [-0.2, -0.15) is 26.3 Å². The smallest absolute Gasteiger partial charge is 0.392 e. The minimum atomic E-state index is -5.95. The summed E-state index contributed by atoms with van der Waals surface area (Å²) in [6.07, 6.45) is -10.9. The minimum Gasteiger partial charge on any atom is -0.392 e. The Balaban J connectivity index is 2.00. The van der Waals surface area contributed by atoms with Gasteiger partial charge in [-0.15, -0.1) is 11.3 Å². The highest BCUT2D eigenvalue weighted by Gasteiger charge is 2.72. The van der Waals surface area contributed by atoms with E-state index < -0.39 is 23.5 Å². The quantitative estimate of drug-likeness (QED) is 0.370. The van der Waals surface area contributed by atoms with Crippen molar-refractivity contribution in [3.63, 3.8) is 0 Å². The van der Waals surface area contributed by atoms with Crippen molar-refractivity contribution in [2.45, 2.75) is 50.7 Å². The van der Waals surface area contributed by atoms with Crippen molar-refractivity contribution in [2.24, 2.45) is 0 Å². The lowest BCUT2D eigenvalue weighted by molar-refractivity contribution is -0.376. The fraction of sp³-hybridized carbons (Fsp3) is 0.333. The molecule has 0 aliphatic rings. The molecule has 0 atom stereocenters. The molecule has 33 heavy (non-hydrogen) atoms. The number of aliphatic hydroxyl groups is 2. The first-order chi connectivity index (χ1) is 15.4. The highest BCUT2D eigenvalue weighted by atomic mass is 32.1. The monoisotopic (exact) mass is 488 g/mol. The van der Waals surface area contributed by atoms with Crippen molar-refractivity contribution >= 4 is 11.3 Å². The van der Waals surface area contributed by atoms with Crippen LogP contribution in [0, 0.1) is 0 Å². The maximum Gasteiger partial charge on any atom is 0.430 e. The molecule has 1 aromatic heterocycles. The van der Waals surface area contributed by atoms with E-state index in [-0.39, 0.29) is 29.7 Å². The highest BCUT2D eigenvalue weighted by Crippen LogP contribution is 2.53. The average molecular weight is 488 g/mol. The number of aryl methyl sites for hydroxylation is 3. The first-order valence-corrected chi connectivity index (χ1v) is 11.0. The number of hydrogen-bond donors (Lipinski definition) is 2. The molecule has 0 radical (unpaired) electrons. The zero-order valence-corrected chi connectivity index (χ0v) is 18.4. The second-order valence-electron chi connectivity index (χ2n) is 7.68. The van der Waals surface area contributed by atoms with Crippen molar-refractivity contribution in [1.82, 2.24) is 0 Å². The molecule has 0 spiro atoms. The Bertz CT molecular complexity index is 1070. The highest BCUT2D eigenvalue weighted by molar-refractivity contribution is 7.10. The van der Waals surface area contributed by atoms with Gasteiger partial charge in [-0.05, 0) is 58.5 Å². The second kappa shape index (κ2) is 9.48. The molecular formula is C24H22F6O2S. The number of rotatable bonds is 7. The summed E-state index contributed by atoms with van der Waals surface area (Å²) >= 11 is 1.23. The van der Waals surface area contributed by atoms with Crippen molar-refractivity contribution < 1.29 is 36.6 Å². The fourth-order valence-corrected chi connectivity index (χ4v) is 4.63. The van der Waals surface area contributed by atoms with Gasteiger partial charge in [-0.1, -0.05) is 49.4 Å². The van der Waals surface area contributed by atoms with Gasteiger partial charge in [0.15, 0.2) is 0 Å². The topological polar surface area (TPSA) is 40.5 Å². The van der Waals surface area contributed by atoms with Gasteiger partial charge in [0, 0.05) is 10.4 Å². The minimum absolute atomic E-state index is 0.0735. The maximum atomic E-state index is 13.7. The van der Waals surface area contributed by atoms with Crippen LogP contribution in [0.2, 0.25) is 0 Å². The second-order valence-corrected chi connectivity index (χ2v) is 8.67. The Kier molecular flexibility index (Phi) is 7.26. The number of benzene rings is 2. The molecule has 2 aromatic carbocycles. The Morgan fingerprint density at radius 2 is 1.45 bits per heavy atom. The molecule has 2 N–H and O–H groups in total. The standard InChI is InChI=1S/C24H22F6O2S/c1-2-17-4-3-5-20(21(17)22(32,23(25,26)27)24(28,29)30)18-12-19(33-14-18)11-10-15-6-8-16(13-31)9-7-15/h3-9,12,14,31-32H,2,10-11,13H2,1H3. The van der Waals surface area contributed by atoms with Crippen LogP contribution in [-0.2, 0) is 31.5 Å². The SMILES string of the molecule is CCc1cccc(-c2csc(CCc3ccc(CO)cc3)c2)c1C(O)(C(F)(F)F)C(F)(F)F. The molecule has 0 aliphatic carbocycles. The van der Waals surface area contributed by atoms with Crippen LogP contribution in [0.5, 0.6) is 0 Å². The van der Waals surface area contributed by atoms with Gasteiger partial charge in [-0.3, -0.25) is 0 Å². The lowest BCUT2D eigenvalue weighted by Crippen LogP contribution is -2.54. The summed E-state index contributed by atoms with van der Waals surface area (Å²) in [5.41, 5.74) is -4.72. The molecule has 1 heterocycles. The third kappa shape index (κ3) is 4.95. The summed E-state index contributed by atoms with van der Waals surface area (Å²) < 4.78 is 82.1. The summed E-state index contributed by atoms with van der Waals surface area (Å²) in [6.45, 7) is 1.37. The van der Waals surface area contributed by atoms with E-state index in [0.29, 0.717) is 12.8 Å². The van der Waals surface area contributed by atoms with E-state index in [9.17, 15) is 31.4 Å². The lowest BCUT2D eigenvalue weighted by atomic mass is 9.82. The Hall–Kier alpha value is -2.36. The molecule has 0 aliphatic heterocycles. The third-order valence-electron chi connectivity index (χ3n) is 5.54. The molecule has 0 amide bonds. The van der Waals surface area contributed by atoms with E-state index in [1.165, 1.54) is 41.8 Å². The van der Waals surface area contributed by atoms with Crippen LogP contribution in [0.25, 0.3) is 11.1 Å². The summed E-state index contributed by atoms with van der Waals surface area (Å²) in [5, 5.41) is 20.8. The largest absolute Gasteiger partial charge is 0.430 e. The molecule has 178 valence electrons. The van der Waals surface area contributed by atoms with Crippen molar-refractivity contribution in [3.8, 4) is 11.1 Å².